The van der Waals surface area contributed by atoms with Crippen LogP contribution in [0, 0.1) is 0 Å². The molecule has 71 heavy (non-hydrogen) atoms. The Kier molecular flexibility index (Phi) is 11.4. The average molecular weight is 1060 g/mol. The first-order valence-corrected chi connectivity index (χ1v) is 29.1. The lowest BCUT2D eigenvalue weighted by atomic mass is 9.94. The molecule has 9 heteroatoms. The molecule has 0 saturated heterocycles. The molecule has 344 valence electrons. The van der Waals surface area contributed by atoms with Crippen molar-refractivity contribution in [3.63, 3.8) is 0 Å². The fraction of sp³-hybridized carbons (Fsp3) is 0.0323. The van der Waals surface area contributed by atoms with Crippen molar-refractivity contribution in [2.24, 2.45) is 0 Å². The number of hydrogen-bond acceptors (Lipinski definition) is 4. The summed E-state index contributed by atoms with van der Waals surface area (Å²) in [5, 5.41) is 25.0. The van der Waals surface area contributed by atoms with E-state index < -0.39 is 13.0 Å². The summed E-state index contributed by atoms with van der Waals surface area (Å²) >= 11 is 14.5. The Hall–Kier alpha value is -6.68. The van der Waals surface area contributed by atoms with Crippen molar-refractivity contribution in [1.82, 2.24) is 0 Å². The van der Waals surface area contributed by atoms with Crippen LogP contribution in [-0.2, 0) is 9.13 Å². The SMILES string of the molecule is Brc1ccc2ccc3cccc4ccc1c2c34.COc1ccc(P(=O)(Cl)Cl)cc1.COc1ccc(P(=O)(c2ccc3ccc4cccc5ccc2c3c45)c2ccc3ccc4cccc5ccc2c3c45)cc1. The van der Waals surface area contributed by atoms with Crippen LogP contribution >= 0.6 is 51.4 Å². The van der Waals surface area contributed by atoms with E-state index in [0.717, 1.165) is 43.2 Å². The van der Waals surface area contributed by atoms with E-state index in [0.29, 0.717) is 11.1 Å². The number of benzene rings is 14. The minimum absolute atomic E-state index is 0.423. The highest BCUT2D eigenvalue weighted by atomic mass is 79.9. The maximum absolute atomic E-state index is 16.3. The van der Waals surface area contributed by atoms with E-state index in [1.165, 1.54) is 79.9 Å². The van der Waals surface area contributed by atoms with Gasteiger partial charge in [0, 0.05) is 25.7 Å². The smallest absolute Gasteiger partial charge is 0.281 e. The minimum atomic E-state index is -3.38. The molecule has 0 aliphatic rings. The van der Waals surface area contributed by atoms with E-state index in [1.807, 2.05) is 24.3 Å². The van der Waals surface area contributed by atoms with Gasteiger partial charge in [-0.25, -0.2) is 0 Å². The van der Waals surface area contributed by atoms with Gasteiger partial charge in [0.25, 0.3) is 5.85 Å². The van der Waals surface area contributed by atoms with E-state index in [2.05, 4.69) is 180 Å². The monoisotopic (exact) mass is 1060 g/mol. The highest BCUT2D eigenvalue weighted by Gasteiger charge is 2.34. The molecule has 14 aromatic carbocycles. The van der Waals surface area contributed by atoms with Crippen LogP contribution in [0.25, 0.3) is 97.0 Å². The third-order valence-electron chi connectivity index (χ3n) is 14.0. The van der Waals surface area contributed by atoms with Crippen molar-refractivity contribution >= 4 is 170 Å². The van der Waals surface area contributed by atoms with Crippen molar-refractivity contribution < 1.29 is 18.6 Å². The van der Waals surface area contributed by atoms with E-state index in [9.17, 15) is 4.57 Å². The lowest BCUT2D eigenvalue weighted by Gasteiger charge is -2.25. The summed E-state index contributed by atoms with van der Waals surface area (Å²) in [6, 6.07) is 72.7. The fourth-order valence-electron chi connectivity index (χ4n) is 10.6. The van der Waals surface area contributed by atoms with Crippen LogP contribution in [0.5, 0.6) is 11.5 Å². The third kappa shape index (κ3) is 7.66. The quantitative estimate of drug-likeness (QED) is 0.123. The number of rotatable bonds is 6. The highest BCUT2D eigenvalue weighted by molar-refractivity contribution is 9.10. The van der Waals surface area contributed by atoms with Crippen molar-refractivity contribution in [3.8, 4) is 11.5 Å². The van der Waals surface area contributed by atoms with Gasteiger partial charge < -0.3 is 14.0 Å². The fourth-order valence-corrected chi connectivity index (χ4v) is 15.3. The largest absolute Gasteiger partial charge is 0.497 e. The Morgan fingerprint density at radius 2 is 0.634 bits per heavy atom. The summed E-state index contributed by atoms with van der Waals surface area (Å²) in [5.74, 6) is -1.73. The van der Waals surface area contributed by atoms with Crippen molar-refractivity contribution in [2.45, 2.75) is 0 Å². The second-order valence-electron chi connectivity index (χ2n) is 17.8. The maximum atomic E-state index is 16.3. The van der Waals surface area contributed by atoms with Gasteiger partial charge in [-0.15, -0.1) is 0 Å². The number of methoxy groups -OCH3 is 2. The van der Waals surface area contributed by atoms with E-state index in [1.54, 1.807) is 38.5 Å². The van der Waals surface area contributed by atoms with Crippen molar-refractivity contribution in [1.29, 1.82) is 0 Å². The molecule has 0 fully saturated rings. The highest BCUT2D eigenvalue weighted by Crippen LogP contribution is 2.55. The molecule has 0 heterocycles. The molecule has 0 saturated carbocycles. The van der Waals surface area contributed by atoms with Gasteiger partial charge in [-0.2, -0.15) is 0 Å². The van der Waals surface area contributed by atoms with Gasteiger partial charge in [-0.3, -0.25) is 4.57 Å². The lowest BCUT2D eigenvalue weighted by Crippen LogP contribution is -2.26. The molecule has 14 aromatic rings. The van der Waals surface area contributed by atoms with Crippen LogP contribution in [0.15, 0.2) is 217 Å². The summed E-state index contributed by atoms with van der Waals surface area (Å²) in [6.45, 7) is 0. The molecule has 0 unspecified atom stereocenters. The molecule has 4 nitrogen and oxygen atoms in total. The van der Waals surface area contributed by atoms with E-state index >= 15 is 4.57 Å². The molecular formula is C62H41BrCl2O4P2. The Balaban J connectivity index is 0.000000145. The van der Waals surface area contributed by atoms with Gasteiger partial charge in [0.1, 0.15) is 11.5 Å². The summed E-state index contributed by atoms with van der Waals surface area (Å²) < 4.78 is 38.9. The molecular weight excluding hydrogens is 1020 g/mol. The Bertz CT molecular complexity index is 4220. The van der Waals surface area contributed by atoms with Crippen LogP contribution < -0.4 is 30.7 Å². The predicted molar refractivity (Wildman–Crippen MR) is 310 cm³/mol. The molecule has 0 spiro atoms. The summed E-state index contributed by atoms with van der Waals surface area (Å²) in [7, 11) is -0.165. The van der Waals surface area contributed by atoms with Gasteiger partial charge in [-0.1, -0.05) is 162 Å². The topological polar surface area (TPSA) is 52.6 Å². The molecule has 0 aromatic heterocycles. The van der Waals surface area contributed by atoms with Crippen LogP contribution in [0.2, 0.25) is 0 Å². The molecule has 0 atom stereocenters. The number of halogens is 3. The maximum Gasteiger partial charge on any atom is 0.281 e. The molecule has 0 bridgehead atoms. The summed E-state index contributed by atoms with van der Waals surface area (Å²) in [6.07, 6.45) is 0. The van der Waals surface area contributed by atoms with Crippen LogP contribution in [-0.4, -0.2) is 14.2 Å². The molecule has 0 amide bonds. The Labute approximate surface area is 427 Å². The predicted octanol–water partition coefficient (Wildman–Crippen LogP) is 17.5. The summed E-state index contributed by atoms with van der Waals surface area (Å²) in [5.41, 5.74) is 0. The van der Waals surface area contributed by atoms with Crippen molar-refractivity contribution in [2.75, 3.05) is 14.2 Å². The van der Waals surface area contributed by atoms with Gasteiger partial charge in [0.05, 0.1) is 14.2 Å². The third-order valence-corrected chi connectivity index (χ3v) is 19.9. The molecule has 0 aliphatic heterocycles. The normalized spacial score (nSPS) is 12.1. The number of ether oxygens (including phenoxy) is 2. The zero-order valence-corrected chi connectivity index (χ0v) is 43.3. The molecule has 0 N–H and O–H groups in total. The second-order valence-corrected chi connectivity index (χ2v) is 26.1. The van der Waals surface area contributed by atoms with E-state index in [4.69, 9.17) is 32.0 Å². The first-order valence-electron chi connectivity index (χ1n) is 23.1. The second kappa shape index (κ2) is 17.9. The Morgan fingerprint density at radius 3 is 1.00 bits per heavy atom. The first kappa shape index (κ1) is 45.5. The molecule has 14 rings (SSSR count). The van der Waals surface area contributed by atoms with Gasteiger partial charge in [-0.05, 0) is 186 Å². The van der Waals surface area contributed by atoms with Gasteiger partial charge >= 0.3 is 0 Å². The Morgan fingerprint density at radius 1 is 0.338 bits per heavy atom. The average Bonchev–Trinajstić information content (AvgIpc) is 3.41. The molecule has 0 aliphatic carbocycles. The standard InChI is InChI=1S/C39H25O2P.C16H9Br.C7H7Cl2O2P/c1-41-30-16-18-31(19-17-30)42(40,34-22-14-28-10-8-24-4-2-6-26-12-20-32(34)38(28)36(24)26)35-23-15-29-11-9-25-5-3-7-27-13-21-33(35)39(29)37(25)27;17-14-9-7-12-5-4-10-2-1-3-11-6-8-13(14)16(12)15(10)11;1-11-6-2-4-7(5-3-6)12(8,9)10/h2-23H,1H3;1-9H;2-5H,1H3. The van der Waals surface area contributed by atoms with Gasteiger partial charge in [0.2, 0.25) is 0 Å². The van der Waals surface area contributed by atoms with Crippen LogP contribution in [0.1, 0.15) is 0 Å². The zero-order chi connectivity index (χ0) is 48.6. The zero-order valence-electron chi connectivity index (χ0n) is 38.4. The van der Waals surface area contributed by atoms with Crippen molar-refractivity contribution in [3.05, 3.63) is 217 Å². The summed E-state index contributed by atoms with van der Waals surface area (Å²) in [4.78, 5) is 0. The van der Waals surface area contributed by atoms with E-state index in [-0.39, 0.29) is 0 Å². The van der Waals surface area contributed by atoms with Crippen LogP contribution in [0.4, 0.5) is 0 Å². The molecule has 0 radical (unpaired) electrons. The lowest BCUT2D eigenvalue weighted by molar-refractivity contribution is 0.415. The van der Waals surface area contributed by atoms with Crippen LogP contribution in [0.3, 0.4) is 0 Å². The number of hydrogen-bond donors (Lipinski definition) is 0. The first-order chi connectivity index (χ1) is 34.5. The minimum Gasteiger partial charge on any atom is -0.497 e. The van der Waals surface area contributed by atoms with Gasteiger partial charge in [0.15, 0.2) is 7.14 Å².